The SMILES string of the molecule is O=C(O)[CH2][Cr]. The fourth-order valence-electron chi connectivity index (χ4n) is 0. The summed E-state index contributed by atoms with van der Waals surface area (Å²) < 4.78 is 0. The Morgan fingerprint density at radius 3 is 2.20 bits per heavy atom. The zero-order chi connectivity index (χ0) is 4.28. The first-order valence-corrected chi connectivity index (χ1v) is 1.97. The van der Waals surface area contributed by atoms with Gasteiger partial charge in [-0.3, -0.25) is 0 Å². The van der Waals surface area contributed by atoms with Gasteiger partial charge in [-0.1, -0.05) is 0 Å². The molecule has 29 valence electrons. The molecule has 0 bridgehead atoms. The van der Waals surface area contributed by atoms with E-state index in [4.69, 9.17) is 5.11 Å². The molecule has 1 N–H and O–H groups in total. The van der Waals surface area contributed by atoms with Gasteiger partial charge in [0.2, 0.25) is 0 Å². The van der Waals surface area contributed by atoms with E-state index in [0.29, 0.717) is 0 Å². The van der Waals surface area contributed by atoms with E-state index in [2.05, 4.69) is 16.3 Å². The van der Waals surface area contributed by atoms with Gasteiger partial charge in [0.1, 0.15) is 0 Å². The van der Waals surface area contributed by atoms with Crippen molar-refractivity contribution in [2.75, 3.05) is 0 Å². The maximum absolute atomic E-state index is 9.34. The third kappa shape index (κ3) is 4.00. The molecular formula is C2H3CrO2. The molecule has 0 amide bonds. The number of aliphatic carboxylic acids is 1. The molecule has 0 unspecified atom stereocenters. The Labute approximate surface area is 38.2 Å². The van der Waals surface area contributed by atoms with Gasteiger partial charge in [0.25, 0.3) is 0 Å². The summed E-state index contributed by atoms with van der Waals surface area (Å²) in [4.78, 5) is 9.34. The summed E-state index contributed by atoms with van der Waals surface area (Å²) in [5.41, 5.74) is 0. The summed E-state index contributed by atoms with van der Waals surface area (Å²) in [7, 11) is 0. The first kappa shape index (κ1) is 5.00. The zero-order valence-corrected chi connectivity index (χ0v) is 3.75. The second kappa shape index (κ2) is 2.25. The van der Waals surface area contributed by atoms with Crippen LogP contribution in [0, 0.1) is 0 Å². The van der Waals surface area contributed by atoms with Crippen LogP contribution < -0.4 is 0 Å². The fraction of sp³-hybridized carbons (Fsp3) is 0.500. The van der Waals surface area contributed by atoms with Gasteiger partial charge < -0.3 is 0 Å². The van der Waals surface area contributed by atoms with E-state index in [9.17, 15) is 4.79 Å². The molecule has 0 heterocycles. The third-order valence-electron chi connectivity index (χ3n) is 0.123. The summed E-state index contributed by atoms with van der Waals surface area (Å²) in [6, 6.07) is 0. The molecule has 0 saturated carbocycles. The van der Waals surface area contributed by atoms with Crippen molar-refractivity contribution in [1.29, 1.82) is 0 Å². The van der Waals surface area contributed by atoms with Crippen LogP contribution in [0.5, 0.6) is 0 Å². The fourth-order valence-corrected chi connectivity index (χ4v) is 0. The van der Waals surface area contributed by atoms with Gasteiger partial charge in [-0.15, -0.1) is 0 Å². The van der Waals surface area contributed by atoms with Crippen molar-refractivity contribution in [2.45, 2.75) is 5.28 Å². The van der Waals surface area contributed by atoms with Crippen LogP contribution in [0.4, 0.5) is 0 Å². The second-order valence-electron chi connectivity index (χ2n) is 0.538. The van der Waals surface area contributed by atoms with Crippen LogP contribution in [0.2, 0.25) is 5.28 Å². The molecular weight excluding hydrogens is 108 g/mol. The number of rotatable bonds is 1. The van der Waals surface area contributed by atoms with Crippen molar-refractivity contribution < 1.29 is 26.2 Å². The number of hydrogen-bond acceptors (Lipinski definition) is 1. The number of carboxylic acid groups (broad SMARTS) is 1. The summed E-state index contributed by atoms with van der Waals surface area (Å²) in [6.45, 7) is 0. The molecule has 0 aliphatic heterocycles. The van der Waals surface area contributed by atoms with Gasteiger partial charge >= 0.3 is 37.4 Å². The summed E-state index contributed by atoms with van der Waals surface area (Å²) in [5.74, 6) is -0.801. The van der Waals surface area contributed by atoms with Crippen molar-refractivity contribution in [3.63, 3.8) is 0 Å². The molecule has 0 fully saturated rings. The average molecular weight is 111 g/mol. The molecule has 0 spiro atoms. The van der Waals surface area contributed by atoms with E-state index >= 15 is 0 Å². The second-order valence-corrected chi connectivity index (χ2v) is 0.989. The predicted octanol–water partition coefficient (Wildman–Crippen LogP) is 0.0361. The molecule has 0 saturated heterocycles. The Kier molecular flexibility index (Phi) is 2.25. The molecule has 0 aromatic carbocycles. The first-order chi connectivity index (χ1) is 2.27. The third-order valence-corrected chi connectivity index (χ3v) is 0.509. The molecule has 0 radical (unpaired) electrons. The van der Waals surface area contributed by atoms with Crippen LogP contribution in [-0.4, -0.2) is 11.1 Å². The van der Waals surface area contributed by atoms with E-state index in [1.54, 1.807) is 0 Å². The van der Waals surface area contributed by atoms with Gasteiger partial charge in [-0.05, 0) is 0 Å². The Morgan fingerprint density at radius 2 is 2.20 bits per heavy atom. The van der Waals surface area contributed by atoms with Gasteiger partial charge in [0.05, 0.1) is 0 Å². The minimum atomic E-state index is -0.801. The summed E-state index contributed by atoms with van der Waals surface area (Å²) >= 11 is 2.34. The van der Waals surface area contributed by atoms with Gasteiger partial charge in [-0.25, -0.2) is 0 Å². The van der Waals surface area contributed by atoms with Crippen LogP contribution in [-0.2, 0) is 21.1 Å². The molecule has 0 atom stereocenters. The van der Waals surface area contributed by atoms with Gasteiger partial charge in [0.15, 0.2) is 0 Å². The normalized spacial score (nSPS) is 7.20. The monoisotopic (exact) mass is 111 g/mol. The van der Waals surface area contributed by atoms with Crippen LogP contribution in [0.1, 0.15) is 0 Å². The average Bonchev–Trinajstić information content (AvgIpc) is 1.38. The van der Waals surface area contributed by atoms with Gasteiger partial charge in [-0.2, -0.15) is 0 Å². The summed E-state index contributed by atoms with van der Waals surface area (Å²) in [6.07, 6.45) is 0. The van der Waals surface area contributed by atoms with Crippen molar-refractivity contribution in [3.05, 3.63) is 0 Å². The zero-order valence-electron chi connectivity index (χ0n) is 2.47. The molecule has 0 aliphatic carbocycles. The Bertz CT molecular complexity index is 42.9. The maximum atomic E-state index is 9.34. The Morgan fingerprint density at radius 1 is 2.00 bits per heavy atom. The van der Waals surface area contributed by atoms with Crippen LogP contribution >= 0.6 is 0 Å². The van der Waals surface area contributed by atoms with Crippen molar-refractivity contribution in [2.24, 2.45) is 0 Å². The van der Waals surface area contributed by atoms with E-state index in [1.807, 2.05) is 0 Å². The van der Waals surface area contributed by atoms with E-state index in [1.165, 1.54) is 0 Å². The van der Waals surface area contributed by atoms with Crippen LogP contribution in [0.25, 0.3) is 0 Å². The molecule has 3 heteroatoms. The molecule has 0 rings (SSSR count). The van der Waals surface area contributed by atoms with Crippen molar-refractivity contribution in [3.8, 4) is 0 Å². The number of hydrogen-bond donors (Lipinski definition) is 1. The van der Waals surface area contributed by atoms with Crippen LogP contribution in [0.3, 0.4) is 0 Å². The van der Waals surface area contributed by atoms with Crippen molar-refractivity contribution in [1.82, 2.24) is 0 Å². The molecule has 0 aliphatic rings. The van der Waals surface area contributed by atoms with E-state index < -0.39 is 5.97 Å². The Balaban J connectivity index is 2.85. The minimum absolute atomic E-state index is 0.0972. The number of carbonyl (C=O) groups is 1. The molecule has 0 aromatic heterocycles. The van der Waals surface area contributed by atoms with Gasteiger partial charge in [0, 0.05) is 0 Å². The van der Waals surface area contributed by atoms with Crippen molar-refractivity contribution >= 4 is 5.97 Å². The molecule has 0 aromatic rings. The Hall–Kier alpha value is 0.00247. The standard InChI is InChI=1S/C2H3O2.Cr/c1-2(3)4;/h1H2,(H,3,4);. The quantitative estimate of drug-likeness (QED) is 0.518. The van der Waals surface area contributed by atoms with E-state index in [0.717, 1.165) is 0 Å². The number of carboxylic acids is 1. The predicted molar refractivity (Wildman–Crippen MR) is 12.4 cm³/mol. The summed E-state index contributed by atoms with van der Waals surface area (Å²) in [5, 5.41) is 7.79. The van der Waals surface area contributed by atoms with Crippen LogP contribution in [0.15, 0.2) is 0 Å². The molecule has 2 nitrogen and oxygen atoms in total. The topological polar surface area (TPSA) is 37.3 Å². The van der Waals surface area contributed by atoms with E-state index in [-0.39, 0.29) is 5.28 Å². The molecule has 5 heavy (non-hydrogen) atoms. The first-order valence-electron chi connectivity index (χ1n) is 1.07.